The fourth-order valence-corrected chi connectivity index (χ4v) is 3.65. The Balaban J connectivity index is 1.63. The van der Waals surface area contributed by atoms with E-state index in [2.05, 4.69) is 29.2 Å². The Bertz CT molecular complexity index is 427. The second-order valence-electron chi connectivity index (χ2n) is 5.93. The van der Waals surface area contributed by atoms with Crippen molar-refractivity contribution in [1.29, 1.82) is 0 Å². The normalized spacial score (nSPS) is 28.5. The number of benzene rings is 1. The van der Waals surface area contributed by atoms with E-state index in [1.165, 1.54) is 37.1 Å². The summed E-state index contributed by atoms with van der Waals surface area (Å²) in [4.78, 5) is 2.59. The molecule has 0 amide bonds. The third-order valence-electron chi connectivity index (χ3n) is 4.78. The molecule has 1 aliphatic heterocycles. The number of hydrogen-bond donors (Lipinski definition) is 1. The largest absolute Gasteiger partial charge is 0.384 e. The van der Waals surface area contributed by atoms with Crippen LogP contribution in [-0.2, 0) is 11.2 Å². The minimum atomic E-state index is 0.190. The summed E-state index contributed by atoms with van der Waals surface area (Å²) in [5, 5.41) is 0. The number of piperidine rings is 1. The summed E-state index contributed by atoms with van der Waals surface area (Å²) in [6.07, 6.45) is 3.60. The highest BCUT2D eigenvalue weighted by Crippen LogP contribution is 2.34. The summed E-state index contributed by atoms with van der Waals surface area (Å²) in [7, 11) is 1.80. The first-order chi connectivity index (χ1) is 9.29. The molecule has 1 aliphatic carbocycles. The second kappa shape index (κ2) is 5.61. The van der Waals surface area contributed by atoms with Crippen LogP contribution in [0, 0.1) is 5.92 Å². The second-order valence-corrected chi connectivity index (χ2v) is 5.93. The number of hydrogen-bond acceptors (Lipinski definition) is 3. The van der Waals surface area contributed by atoms with Crippen LogP contribution in [-0.4, -0.2) is 37.7 Å². The van der Waals surface area contributed by atoms with Crippen LogP contribution in [0.1, 0.15) is 30.0 Å². The zero-order valence-electron chi connectivity index (χ0n) is 11.7. The molecule has 0 saturated carbocycles. The Morgan fingerprint density at radius 3 is 2.68 bits per heavy atom. The van der Waals surface area contributed by atoms with E-state index in [-0.39, 0.29) is 6.04 Å². The average Bonchev–Trinajstić information content (AvgIpc) is 2.78. The van der Waals surface area contributed by atoms with Gasteiger partial charge in [0.15, 0.2) is 0 Å². The Morgan fingerprint density at radius 2 is 2.00 bits per heavy atom. The maximum absolute atomic E-state index is 6.45. The Labute approximate surface area is 115 Å². The molecule has 0 bridgehead atoms. The van der Waals surface area contributed by atoms with E-state index in [9.17, 15) is 0 Å². The first kappa shape index (κ1) is 13.1. The van der Waals surface area contributed by atoms with Crippen LogP contribution >= 0.6 is 0 Å². The number of fused-ring (bicyclic) bond motifs is 1. The van der Waals surface area contributed by atoms with E-state index in [0.717, 1.165) is 18.9 Å². The van der Waals surface area contributed by atoms with Crippen molar-refractivity contribution >= 4 is 0 Å². The summed E-state index contributed by atoms with van der Waals surface area (Å²) in [5.74, 6) is 0.737. The van der Waals surface area contributed by atoms with E-state index in [1.807, 2.05) is 0 Å². The number of nitrogens with zero attached hydrogens (tertiary/aromatic N) is 1. The van der Waals surface area contributed by atoms with Gasteiger partial charge >= 0.3 is 0 Å². The number of ether oxygens (including phenoxy) is 1. The van der Waals surface area contributed by atoms with Crippen molar-refractivity contribution in [2.75, 3.05) is 26.8 Å². The topological polar surface area (TPSA) is 38.5 Å². The SMILES string of the molecule is COCC1CCN(C2Cc3ccccc3C2N)CC1. The Hall–Kier alpha value is -0.900. The number of likely N-dealkylation sites (tertiary alicyclic amines) is 1. The van der Waals surface area contributed by atoms with Crippen LogP contribution < -0.4 is 5.73 Å². The minimum absolute atomic E-state index is 0.190. The lowest BCUT2D eigenvalue weighted by Gasteiger charge is -2.37. The molecular formula is C16H24N2O. The number of methoxy groups -OCH3 is 1. The van der Waals surface area contributed by atoms with Crippen LogP contribution in [0.25, 0.3) is 0 Å². The fourth-order valence-electron chi connectivity index (χ4n) is 3.65. The highest BCUT2D eigenvalue weighted by Gasteiger charge is 2.35. The predicted octanol–water partition coefficient (Wildman–Crippen LogP) is 1.97. The van der Waals surface area contributed by atoms with E-state index in [4.69, 9.17) is 10.5 Å². The van der Waals surface area contributed by atoms with Crippen molar-refractivity contribution in [2.24, 2.45) is 11.7 Å². The molecule has 2 unspecified atom stereocenters. The Morgan fingerprint density at radius 1 is 1.26 bits per heavy atom. The fraction of sp³-hybridized carbons (Fsp3) is 0.625. The lowest BCUT2D eigenvalue weighted by atomic mass is 9.95. The summed E-state index contributed by atoms with van der Waals surface area (Å²) in [5.41, 5.74) is 9.25. The predicted molar refractivity (Wildman–Crippen MR) is 77.0 cm³/mol. The molecule has 2 aliphatic rings. The highest BCUT2D eigenvalue weighted by molar-refractivity contribution is 5.36. The van der Waals surface area contributed by atoms with Gasteiger partial charge in [-0.15, -0.1) is 0 Å². The van der Waals surface area contributed by atoms with Crippen molar-refractivity contribution in [3.05, 3.63) is 35.4 Å². The first-order valence-electron chi connectivity index (χ1n) is 7.36. The van der Waals surface area contributed by atoms with Crippen LogP contribution in [0.5, 0.6) is 0 Å². The summed E-state index contributed by atoms with van der Waals surface area (Å²) in [6, 6.07) is 9.34. The zero-order valence-corrected chi connectivity index (χ0v) is 11.7. The summed E-state index contributed by atoms with van der Waals surface area (Å²) >= 11 is 0. The molecule has 0 spiro atoms. The third kappa shape index (κ3) is 2.55. The molecule has 2 atom stereocenters. The molecule has 0 aromatic heterocycles. The van der Waals surface area contributed by atoms with Gasteiger partial charge in [0.1, 0.15) is 0 Å². The van der Waals surface area contributed by atoms with Gasteiger partial charge in [-0.25, -0.2) is 0 Å². The lowest BCUT2D eigenvalue weighted by molar-refractivity contribution is 0.0754. The van der Waals surface area contributed by atoms with Crippen LogP contribution in [0.4, 0.5) is 0 Å². The molecule has 0 radical (unpaired) electrons. The molecular weight excluding hydrogens is 236 g/mol. The summed E-state index contributed by atoms with van der Waals surface area (Å²) < 4.78 is 5.27. The van der Waals surface area contributed by atoms with Crippen molar-refractivity contribution in [1.82, 2.24) is 4.90 Å². The van der Waals surface area contributed by atoms with Crippen molar-refractivity contribution in [3.63, 3.8) is 0 Å². The average molecular weight is 260 g/mol. The van der Waals surface area contributed by atoms with Gasteiger partial charge in [0.25, 0.3) is 0 Å². The maximum Gasteiger partial charge on any atom is 0.0491 e. The smallest absolute Gasteiger partial charge is 0.0491 e. The monoisotopic (exact) mass is 260 g/mol. The molecule has 2 N–H and O–H groups in total. The number of rotatable bonds is 3. The van der Waals surface area contributed by atoms with E-state index < -0.39 is 0 Å². The number of nitrogens with two attached hydrogens (primary N) is 1. The molecule has 1 fully saturated rings. The standard InChI is InChI=1S/C16H24N2O/c1-19-11-12-6-8-18(9-7-12)15-10-13-4-2-3-5-14(13)16(15)17/h2-5,12,15-16H,6-11,17H2,1H3. The van der Waals surface area contributed by atoms with Gasteiger partial charge < -0.3 is 10.5 Å². The summed E-state index contributed by atoms with van der Waals surface area (Å²) in [6.45, 7) is 3.24. The molecule has 3 nitrogen and oxygen atoms in total. The molecule has 1 aromatic carbocycles. The quantitative estimate of drug-likeness (QED) is 0.903. The van der Waals surface area contributed by atoms with Crippen molar-refractivity contribution < 1.29 is 4.74 Å². The molecule has 19 heavy (non-hydrogen) atoms. The molecule has 1 saturated heterocycles. The highest BCUT2D eigenvalue weighted by atomic mass is 16.5. The molecule has 1 aromatic rings. The van der Waals surface area contributed by atoms with Crippen LogP contribution in [0.3, 0.4) is 0 Å². The van der Waals surface area contributed by atoms with Gasteiger partial charge in [-0.3, -0.25) is 4.90 Å². The first-order valence-corrected chi connectivity index (χ1v) is 7.36. The van der Waals surface area contributed by atoms with Crippen LogP contribution in [0.2, 0.25) is 0 Å². The van der Waals surface area contributed by atoms with Gasteiger partial charge in [0.05, 0.1) is 0 Å². The molecule has 3 heteroatoms. The van der Waals surface area contributed by atoms with E-state index in [1.54, 1.807) is 7.11 Å². The zero-order chi connectivity index (χ0) is 13.2. The van der Waals surface area contributed by atoms with Gasteiger partial charge in [-0.2, -0.15) is 0 Å². The van der Waals surface area contributed by atoms with Gasteiger partial charge in [-0.1, -0.05) is 24.3 Å². The van der Waals surface area contributed by atoms with Gasteiger partial charge in [0, 0.05) is 25.8 Å². The molecule has 3 rings (SSSR count). The van der Waals surface area contributed by atoms with Crippen molar-refractivity contribution in [3.8, 4) is 0 Å². The molecule has 104 valence electrons. The van der Waals surface area contributed by atoms with Gasteiger partial charge in [0.2, 0.25) is 0 Å². The molecule has 1 heterocycles. The Kier molecular flexibility index (Phi) is 3.87. The van der Waals surface area contributed by atoms with Crippen molar-refractivity contribution in [2.45, 2.75) is 31.3 Å². The van der Waals surface area contributed by atoms with E-state index >= 15 is 0 Å². The maximum atomic E-state index is 6.45. The van der Waals surface area contributed by atoms with E-state index in [0.29, 0.717) is 6.04 Å². The van der Waals surface area contributed by atoms with Gasteiger partial charge in [-0.05, 0) is 49.4 Å². The minimum Gasteiger partial charge on any atom is -0.384 e. The lowest BCUT2D eigenvalue weighted by Crippen LogP contribution is -2.45. The third-order valence-corrected chi connectivity index (χ3v) is 4.78. The van der Waals surface area contributed by atoms with Crippen LogP contribution in [0.15, 0.2) is 24.3 Å².